The van der Waals surface area contributed by atoms with Gasteiger partial charge >= 0.3 is 0 Å². The minimum absolute atomic E-state index is 0. The molecule has 0 saturated heterocycles. The summed E-state index contributed by atoms with van der Waals surface area (Å²) in [6, 6.07) is 8.42. The Kier molecular flexibility index (Phi) is 9.70. The summed E-state index contributed by atoms with van der Waals surface area (Å²) in [5, 5.41) is 15.6. The van der Waals surface area contributed by atoms with Gasteiger partial charge in [-0.1, -0.05) is 40.5 Å². The molecule has 0 aliphatic carbocycles. The quantitative estimate of drug-likeness (QED) is 0.240. The normalized spacial score (nSPS) is 15.2. The summed E-state index contributed by atoms with van der Waals surface area (Å²) in [6.45, 7) is 4.06. The molecule has 2 aromatic rings. The van der Waals surface area contributed by atoms with E-state index in [4.69, 9.17) is 0 Å². The lowest BCUT2D eigenvalue weighted by Gasteiger charge is -2.19. The van der Waals surface area contributed by atoms with Crippen LogP contribution in [0.4, 0.5) is 0 Å². The van der Waals surface area contributed by atoms with Crippen LogP contribution >= 0.6 is 39.9 Å². The molecule has 1 aromatic heterocycles. The molecule has 28 heavy (non-hydrogen) atoms. The lowest BCUT2D eigenvalue weighted by atomic mass is 10.1. The average Bonchev–Trinajstić information content (AvgIpc) is 2.90. The first-order chi connectivity index (χ1) is 13.2. The van der Waals surface area contributed by atoms with E-state index in [1.54, 1.807) is 7.05 Å². The number of benzene rings is 1. The highest BCUT2D eigenvalue weighted by Crippen LogP contribution is 2.22. The van der Waals surface area contributed by atoms with Crippen molar-refractivity contribution in [1.82, 2.24) is 25.4 Å². The summed E-state index contributed by atoms with van der Waals surface area (Å²) in [5.74, 6) is 3.10. The van der Waals surface area contributed by atoms with Crippen LogP contribution in [0.1, 0.15) is 55.9 Å². The summed E-state index contributed by atoms with van der Waals surface area (Å²) in [7, 11) is 1.81. The largest absolute Gasteiger partial charge is 0.356 e. The van der Waals surface area contributed by atoms with Gasteiger partial charge in [-0.3, -0.25) is 4.99 Å². The van der Waals surface area contributed by atoms with Crippen molar-refractivity contribution >= 4 is 45.9 Å². The fourth-order valence-corrected chi connectivity index (χ4v) is 4.12. The van der Waals surface area contributed by atoms with Gasteiger partial charge in [-0.2, -0.15) is 0 Å². The van der Waals surface area contributed by atoms with Crippen molar-refractivity contribution in [3.63, 3.8) is 0 Å². The zero-order valence-electron chi connectivity index (χ0n) is 16.6. The monoisotopic (exact) mass is 560 g/mol. The zero-order valence-corrected chi connectivity index (χ0v) is 20.5. The van der Waals surface area contributed by atoms with E-state index in [9.17, 15) is 0 Å². The fraction of sp³-hybridized carbons (Fsp3) is 0.550. The molecule has 1 unspecified atom stereocenters. The summed E-state index contributed by atoms with van der Waals surface area (Å²) < 4.78 is 3.43. The number of hydrogen-bond acceptors (Lipinski definition) is 3. The van der Waals surface area contributed by atoms with Crippen LogP contribution in [0.2, 0.25) is 0 Å². The number of guanidine groups is 1. The van der Waals surface area contributed by atoms with Crippen LogP contribution < -0.4 is 10.6 Å². The van der Waals surface area contributed by atoms with Gasteiger partial charge in [-0.25, -0.2) is 0 Å². The number of nitrogens with zero attached hydrogens (tertiary/aromatic N) is 4. The number of aryl methyl sites for hydroxylation is 2. The molecule has 6 nitrogen and oxygen atoms in total. The summed E-state index contributed by atoms with van der Waals surface area (Å²) in [4.78, 5) is 4.35. The Morgan fingerprint density at radius 3 is 2.86 bits per heavy atom. The average molecular weight is 561 g/mol. The molecule has 0 bridgehead atoms. The van der Waals surface area contributed by atoms with E-state index in [-0.39, 0.29) is 30.0 Å². The number of aromatic nitrogens is 3. The van der Waals surface area contributed by atoms with Gasteiger partial charge in [0, 0.05) is 37.5 Å². The molecule has 0 saturated carbocycles. The van der Waals surface area contributed by atoms with Crippen LogP contribution in [0, 0.1) is 0 Å². The number of aliphatic imine (C=N–C) groups is 1. The molecule has 2 heterocycles. The highest BCUT2D eigenvalue weighted by Gasteiger charge is 2.14. The van der Waals surface area contributed by atoms with Crippen LogP contribution in [0.15, 0.2) is 33.7 Å². The van der Waals surface area contributed by atoms with Crippen molar-refractivity contribution < 1.29 is 0 Å². The summed E-state index contributed by atoms with van der Waals surface area (Å²) in [6.07, 6.45) is 6.77. The number of halogens is 2. The first-order valence-electron chi connectivity index (χ1n) is 9.81. The van der Waals surface area contributed by atoms with Gasteiger partial charge in [-0.15, -0.1) is 34.2 Å². The Morgan fingerprint density at radius 2 is 2.07 bits per heavy atom. The van der Waals surface area contributed by atoms with Gasteiger partial charge in [0.15, 0.2) is 5.96 Å². The van der Waals surface area contributed by atoms with E-state index >= 15 is 0 Å². The SMILES string of the molecule is CN=C(NCCCc1nnc2n1CCCCC2)NC(C)c1ccccc1Br.I. The van der Waals surface area contributed by atoms with Crippen molar-refractivity contribution in [3.8, 4) is 0 Å². The standard InChI is InChI=1S/C20H29BrN6.HI/c1-15(16-9-5-6-10-17(16)21)24-20(22-2)23-13-8-12-19-26-25-18-11-4-3-7-14-27(18)19;/h5-6,9-10,15H,3-4,7-8,11-14H2,1-2H3,(H2,22,23,24);1H. The summed E-state index contributed by atoms with van der Waals surface area (Å²) >= 11 is 3.61. The molecule has 1 aromatic carbocycles. The van der Waals surface area contributed by atoms with E-state index in [0.717, 1.165) is 54.4 Å². The van der Waals surface area contributed by atoms with Gasteiger partial charge < -0.3 is 15.2 Å². The Morgan fingerprint density at radius 1 is 1.25 bits per heavy atom. The molecule has 2 N–H and O–H groups in total. The highest BCUT2D eigenvalue weighted by molar-refractivity contribution is 14.0. The Bertz CT molecular complexity index is 776. The third-order valence-corrected chi connectivity index (χ3v) is 5.73. The molecule has 0 radical (unpaired) electrons. The summed E-state index contributed by atoms with van der Waals surface area (Å²) in [5.41, 5.74) is 1.21. The highest BCUT2D eigenvalue weighted by atomic mass is 127. The third kappa shape index (κ3) is 6.17. The molecule has 1 aliphatic heterocycles. The number of fused-ring (bicyclic) bond motifs is 1. The molecule has 1 aliphatic rings. The van der Waals surface area contributed by atoms with Crippen molar-refractivity contribution in [2.75, 3.05) is 13.6 Å². The topological polar surface area (TPSA) is 67.1 Å². The van der Waals surface area contributed by atoms with Gasteiger partial charge in [0.2, 0.25) is 0 Å². The van der Waals surface area contributed by atoms with Crippen LogP contribution in [-0.2, 0) is 19.4 Å². The number of nitrogens with one attached hydrogen (secondary N) is 2. The number of rotatable bonds is 6. The molecule has 0 amide bonds. The molecule has 1 atom stereocenters. The van der Waals surface area contributed by atoms with E-state index < -0.39 is 0 Å². The Balaban J connectivity index is 0.00000280. The van der Waals surface area contributed by atoms with Crippen LogP contribution in [-0.4, -0.2) is 34.3 Å². The fourth-order valence-electron chi connectivity index (χ4n) is 3.49. The van der Waals surface area contributed by atoms with Crippen molar-refractivity contribution in [3.05, 3.63) is 46.0 Å². The molecule has 0 fully saturated rings. The molecule has 154 valence electrons. The molecule has 0 spiro atoms. The Labute approximate surface area is 193 Å². The van der Waals surface area contributed by atoms with Crippen LogP contribution in [0.5, 0.6) is 0 Å². The van der Waals surface area contributed by atoms with Crippen LogP contribution in [0.25, 0.3) is 0 Å². The Hall–Kier alpha value is -1.16. The first kappa shape index (κ1) is 23.1. The number of hydrogen-bond donors (Lipinski definition) is 2. The van der Waals surface area contributed by atoms with E-state index in [2.05, 4.69) is 71.4 Å². The predicted octanol–water partition coefficient (Wildman–Crippen LogP) is 4.24. The maximum Gasteiger partial charge on any atom is 0.191 e. The lowest BCUT2D eigenvalue weighted by molar-refractivity contribution is 0.592. The third-order valence-electron chi connectivity index (χ3n) is 5.00. The minimum Gasteiger partial charge on any atom is -0.356 e. The van der Waals surface area contributed by atoms with Crippen molar-refractivity contribution in [2.24, 2.45) is 4.99 Å². The minimum atomic E-state index is 0. The maximum absolute atomic E-state index is 4.41. The first-order valence-corrected chi connectivity index (χ1v) is 10.6. The van der Waals surface area contributed by atoms with Crippen molar-refractivity contribution in [1.29, 1.82) is 0 Å². The van der Waals surface area contributed by atoms with E-state index in [1.807, 2.05) is 6.07 Å². The lowest BCUT2D eigenvalue weighted by Crippen LogP contribution is -2.39. The van der Waals surface area contributed by atoms with Crippen molar-refractivity contribution in [2.45, 2.75) is 58.0 Å². The van der Waals surface area contributed by atoms with Gasteiger partial charge in [-0.05, 0) is 37.8 Å². The molecule has 3 rings (SSSR count). The predicted molar refractivity (Wildman–Crippen MR) is 128 cm³/mol. The maximum atomic E-state index is 4.41. The van der Waals surface area contributed by atoms with E-state index in [1.165, 1.54) is 24.8 Å². The second-order valence-electron chi connectivity index (χ2n) is 6.98. The zero-order chi connectivity index (χ0) is 19.1. The molecule has 8 heteroatoms. The second kappa shape index (κ2) is 11.7. The second-order valence-corrected chi connectivity index (χ2v) is 7.84. The van der Waals surface area contributed by atoms with E-state index in [0.29, 0.717) is 0 Å². The van der Waals surface area contributed by atoms with Gasteiger partial charge in [0.05, 0.1) is 6.04 Å². The molecular formula is C20H30BrIN6. The van der Waals surface area contributed by atoms with Gasteiger partial charge in [0.1, 0.15) is 11.6 Å². The molecular weight excluding hydrogens is 531 g/mol. The van der Waals surface area contributed by atoms with Gasteiger partial charge in [0.25, 0.3) is 0 Å². The smallest absolute Gasteiger partial charge is 0.191 e. The van der Waals surface area contributed by atoms with Crippen LogP contribution in [0.3, 0.4) is 0 Å².